The molecule has 2 rings (SSSR count). The molecular weight excluding hydrogens is 260 g/mol. The van der Waals surface area contributed by atoms with Crippen molar-refractivity contribution in [3.63, 3.8) is 0 Å². The van der Waals surface area contributed by atoms with Crippen LogP contribution < -0.4 is 0 Å². The molecule has 3 heteroatoms. The van der Waals surface area contributed by atoms with Crippen molar-refractivity contribution < 1.29 is 5.11 Å². The molecule has 0 amide bonds. The minimum atomic E-state index is 0.117. The van der Waals surface area contributed by atoms with Gasteiger partial charge in [-0.05, 0) is 35.6 Å². The van der Waals surface area contributed by atoms with Gasteiger partial charge in [0.05, 0.1) is 6.61 Å². The molecule has 0 aliphatic heterocycles. The monoisotopic (exact) mass is 270 g/mol. The van der Waals surface area contributed by atoms with Crippen LogP contribution in [0.3, 0.4) is 0 Å². The molecule has 0 aliphatic carbocycles. The molecule has 0 bridgehead atoms. The SMILES string of the molecule is Cc1cc2c(CBr)c(CO)ccc2s1. The second kappa shape index (κ2) is 4.01. The van der Waals surface area contributed by atoms with Crippen molar-refractivity contribution in [2.24, 2.45) is 0 Å². The number of benzene rings is 1. The third-order valence-electron chi connectivity index (χ3n) is 2.34. The van der Waals surface area contributed by atoms with Crippen molar-refractivity contribution in [3.8, 4) is 0 Å². The van der Waals surface area contributed by atoms with Crippen molar-refractivity contribution in [1.82, 2.24) is 0 Å². The highest BCUT2D eigenvalue weighted by Gasteiger charge is 2.07. The summed E-state index contributed by atoms with van der Waals surface area (Å²) in [5.41, 5.74) is 2.24. The first-order chi connectivity index (χ1) is 6.76. The van der Waals surface area contributed by atoms with Crippen LogP contribution in [0.15, 0.2) is 18.2 Å². The topological polar surface area (TPSA) is 20.2 Å². The third-order valence-corrected chi connectivity index (χ3v) is 3.91. The van der Waals surface area contributed by atoms with Crippen LogP contribution in [0.4, 0.5) is 0 Å². The zero-order chi connectivity index (χ0) is 10.1. The molecule has 0 fully saturated rings. The Labute approximate surface area is 95.5 Å². The highest BCUT2D eigenvalue weighted by Crippen LogP contribution is 2.31. The summed E-state index contributed by atoms with van der Waals surface area (Å²) >= 11 is 5.27. The van der Waals surface area contributed by atoms with E-state index in [-0.39, 0.29) is 6.61 Å². The second-order valence-corrected chi connectivity index (χ2v) is 5.11. The maximum absolute atomic E-state index is 9.20. The Hall–Kier alpha value is -0.380. The quantitative estimate of drug-likeness (QED) is 0.827. The van der Waals surface area contributed by atoms with Gasteiger partial charge in [-0.1, -0.05) is 22.0 Å². The Morgan fingerprint density at radius 3 is 2.86 bits per heavy atom. The van der Waals surface area contributed by atoms with Crippen molar-refractivity contribution in [2.75, 3.05) is 0 Å². The lowest BCUT2D eigenvalue weighted by molar-refractivity contribution is 0.281. The van der Waals surface area contributed by atoms with E-state index in [0.717, 1.165) is 10.9 Å². The van der Waals surface area contributed by atoms with Crippen LogP contribution >= 0.6 is 27.3 Å². The molecule has 2 aromatic rings. The molecule has 1 nitrogen and oxygen atoms in total. The molecule has 1 heterocycles. The average Bonchev–Trinajstić information content (AvgIpc) is 2.56. The lowest BCUT2D eigenvalue weighted by atomic mass is 10.1. The van der Waals surface area contributed by atoms with Crippen LogP contribution in [-0.2, 0) is 11.9 Å². The minimum absolute atomic E-state index is 0.117. The third kappa shape index (κ3) is 1.60. The fraction of sp³-hybridized carbons (Fsp3) is 0.273. The van der Waals surface area contributed by atoms with E-state index in [2.05, 4.69) is 35.0 Å². The normalized spacial score (nSPS) is 11.1. The Bertz CT molecular complexity index is 462. The Balaban J connectivity index is 2.75. The zero-order valence-electron chi connectivity index (χ0n) is 7.88. The van der Waals surface area contributed by atoms with Crippen LogP contribution in [0.25, 0.3) is 10.1 Å². The summed E-state index contributed by atoms with van der Waals surface area (Å²) in [5.74, 6) is 0. The molecule has 0 radical (unpaired) electrons. The highest BCUT2D eigenvalue weighted by atomic mass is 79.9. The first-order valence-electron chi connectivity index (χ1n) is 4.44. The molecule has 1 N–H and O–H groups in total. The number of hydrogen-bond acceptors (Lipinski definition) is 2. The van der Waals surface area contributed by atoms with Gasteiger partial charge in [-0.3, -0.25) is 0 Å². The Morgan fingerprint density at radius 1 is 1.43 bits per heavy atom. The summed E-state index contributed by atoms with van der Waals surface area (Å²) in [4.78, 5) is 1.32. The lowest BCUT2D eigenvalue weighted by Crippen LogP contribution is -1.90. The van der Waals surface area contributed by atoms with Crippen LogP contribution in [0.5, 0.6) is 0 Å². The number of halogens is 1. The number of fused-ring (bicyclic) bond motifs is 1. The van der Waals surface area contributed by atoms with Crippen LogP contribution in [0, 0.1) is 6.92 Å². The van der Waals surface area contributed by atoms with Crippen molar-refractivity contribution in [1.29, 1.82) is 0 Å². The summed E-state index contributed by atoms with van der Waals surface area (Å²) in [6, 6.07) is 6.29. The van der Waals surface area contributed by atoms with E-state index >= 15 is 0 Å². The number of aliphatic hydroxyl groups excluding tert-OH is 1. The highest BCUT2D eigenvalue weighted by molar-refractivity contribution is 9.08. The summed E-state index contributed by atoms with van der Waals surface area (Å²) in [6.07, 6.45) is 0. The summed E-state index contributed by atoms with van der Waals surface area (Å²) in [6.45, 7) is 2.23. The van der Waals surface area contributed by atoms with E-state index < -0.39 is 0 Å². The molecular formula is C11H11BrOS. The van der Waals surface area contributed by atoms with Gasteiger partial charge in [0.2, 0.25) is 0 Å². The van der Waals surface area contributed by atoms with E-state index in [9.17, 15) is 5.11 Å². The van der Waals surface area contributed by atoms with Gasteiger partial charge < -0.3 is 5.11 Å². The van der Waals surface area contributed by atoms with Gasteiger partial charge in [0.15, 0.2) is 0 Å². The van der Waals surface area contributed by atoms with Crippen LogP contribution in [0.1, 0.15) is 16.0 Å². The van der Waals surface area contributed by atoms with Crippen LogP contribution in [-0.4, -0.2) is 5.11 Å². The molecule has 0 unspecified atom stereocenters. The number of rotatable bonds is 2. The average molecular weight is 271 g/mol. The smallest absolute Gasteiger partial charge is 0.0685 e. The summed E-state index contributed by atoms with van der Waals surface area (Å²) < 4.78 is 1.30. The van der Waals surface area contributed by atoms with Gasteiger partial charge in [0.25, 0.3) is 0 Å². The molecule has 0 aliphatic rings. The van der Waals surface area contributed by atoms with Crippen molar-refractivity contribution >= 4 is 37.4 Å². The molecule has 0 saturated carbocycles. The van der Waals surface area contributed by atoms with Gasteiger partial charge >= 0.3 is 0 Å². The summed E-state index contributed by atoms with van der Waals surface area (Å²) in [7, 11) is 0. The minimum Gasteiger partial charge on any atom is -0.392 e. The van der Waals surface area contributed by atoms with Gasteiger partial charge in [-0.15, -0.1) is 11.3 Å². The van der Waals surface area contributed by atoms with E-state index in [1.165, 1.54) is 20.5 Å². The predicted octanol–water partition coefficient (Wildman–Crippen LogP) is 3.60. The van der Waals surface area contributed by atoms with Crippen molar-refractivity contribution in [2.45, 2.75) is 18.9 Å². The number of aryl methyl sites for hydroxylation is 1. The van der Waals surface area contributed by atoms with Gasteiger partial charge in [0.1, 0.15) is 0 Å². The van der Waals surface area contributed by atoms with Gasteiger partial charge in [-0.2, -0.15) is 0 Å². The number of hydrogen-bond donors (Lipinski definition) is 1. The van der Waals surface area contributed by atoms with Gasteiger partial charge in [0, 0.05) is 14.9 Å². The standard InChI is InChI=1S/C11H11BrOS/c1-7-4-9-10(5-12)8(6-13)2-3-11(9)14-7/h2-4,13H,5-6H2,1H3. The largest absolute Gasteiger partial charge is 0.392 e. The van der Waals surface area contributed by atoms with Crippen molar-refractivity contribution in [3.05, 3.63) is 34.2 Å². The van der Waals surface area contributed by atoms with Crippen LogP contribution in [0.2, 0.25) is 0 Å². The van der Waals surface area contributed by atoms with E-state index in [1.54, 1.807) is 11.3 Å². The molecule has 0 spiro atoms. The molecule has 74 valence electrons. The molecule has 1 aromatic heterocycles. The zero-order valence-corrected chi connectivity index (χ0v) is 10.3. The van der Waals surface area contributed by atoms with E-state index in [4.69, 9.17) is 0 Å². The molecule has 14 heavy (non-hydrogen) atoms. The number of aliphatic hydroxyl groups is 1. The predicted molar refractivity (Wildman–Crippen MR) is 65.1 cm³/mol. The van der Waals surface area contributed by atoms with E-state index in [1.807, 2.05) is 6.07 Å². The molecule has 1 aromatic carbocycles. The lowest BCUT2D eigenvalue weighted by Gasteiger charge is -2.05. The number of alkyl halides is 1. The first kappa shape index (κ1) is 10.1. The summed E-state index contributed by atoms with van der Waals surface area (Å²) in [5, 5.41) is 11.3. The van der Waals surface area contributed by atoms with Gasteiger partial charge in [-0.25, -0.2) is 0 Å². The molecule has 0 saturated heterocycles. The maximum Gasteiger partial charge on any atom is 0.0685 e. The number of thiophene rings is 1. The van der Waals surface area contributed by atoms with E-state index in [0.29, 0.717) is 0 Å². The fourth-order valence-corrected chi connectivity index (χ4v) is 3.26. The Kier molecular flexibility index (Phi) is 2.91. The first-order valence-corrected chi connectivity index (χ1v) is 6.37. The fourth-order valence-electron chi connectivity index (χ4n) is 1.65. The Morgan fingerprint density at radius 2 is 2.21 bits per heavy atom. The molecule has 0 atom stereocenters. The maximum atomic E-state index is 9.20. The second-order valence-electron chi connectivity index (χ2n) is 3.26.